The van der Waals surface area contributed by atoms with E-state index < -0.39 is 11.9 Å². The van der Waals surface area contributed by atoms with Gasteiger partial charge in [-0.3, -0.25) is 0 Å². The number of aromatic carboxylic acids is 2. The van der Waals surface area contributed by atoms with Crippen molar-refractivity contribution in [3.8, 4) is 12.3 Å². The van der Waals surface area contributed by atoms with E-state index in [1.807, 2.05) is 6.07 Å². The Balaban J connectivity index is 2.41. The molecular weight excluding hydrogens is 288 g/mol. The van der Waals surface area contributed by atoms with E-state index in [1.54, 1.807) is 18.2 Å². The quantitative estimate of drug-likeness (QED) is 0.848. The Morgan fingerprint density at radius 3 is 2.10 bits per heavy atom. The number of benzene rings is 2. The summed E-state index contributed by atoms with van der Waals surface area (Å²) in [7, 11) is 0. The summed E-state index contributed by atoms with van der Waals surface area (Å²) < 4.78 is 0. The summed E-state index contributed by atoms with van der Waals surface area (Å²) in [5.41, 5.74) is 0.573. The van der Waals surface area contributed by atoms with E-state index in [2.05, 4.69) is 5.92 Å². The zero-order valence-corrected chi connectivity index (χ0v) is 11.6. The Hall–Kier alpha value is -2.71. The second-order valence-corrected chi connectivity index (χ2v) is 5.28. The lowest BCUT2D eigenvalue weighted by molar-refractivity contribution is 0.0696. The third kappa shape index (κ3) is 3.65. The third-order valence-corrected chi connectivity index (χ3v) is 3.60. The second kappa shape index (κ2) is 6.16. The van der Waals surface area contributed by atoms with Crippen LogP contribution in [0.4, 0.5) is 0 Å². The number of carboxylic acids is 2. The fourth-order valence-electron chi connectivity index (χ4n) is 1.69. The molecule has 0 unspecified atom stereocenters. The molecule has 0 fully saturated rings. The van der Waals surface area contributed by atoms with Crippen molar-refractivity contribution < 1.29 is 19.8 Å². The average Bonchev–Trinajstić information content (AvgIpc) is 2.47. The summed E-state index contributed by atoms with van der Waals surface area (Å²) in [6.45, 7) is 0. The molecular formula is C16H10O4S. The van der Waals surface area contributed by atoms with Crippen LogP contribution in [0.15, 0.2) is 52.3 Å². The molecule has 104 valence electrons. The SMILES string of the molecule is C#Cc1cccc(Sc2cc(C(=O)O)cc(C(=O)O)c2)c1. The van der Waals surface area contributed by atoms with Gasteiger partial charge in [0.25, 0.3) is 0 Å². The van der Waals surface area contributed by atoms with E-state index in [0.717, 1.165) is 11.0 Å². The number of terminal acetylenes is 1. The second-order valence-electron chi connectivity index (χ2n) is 4.13. The van der Waals surface area contributed by atoms with Crippen LogP contribution in [0.25, 0.3) is 0 Å². The molecule has 0 bridgehead atoms. The van der Waals surface area contributed by atoms with Crippen LogP contribution in [0, 0.1) is 12.3 Å². The van der Waals surface area contributed by atoms with E-state index in [4.69, 9.17) is 16.6 Å². The predicted molar refractivity (Wildman–Crippen MR) is 78.9 cm³/mol. The smallest absolute Gasteiger partial charge is 0.335 e. The van der Waals surface area contributed by atoms with Crippen molar-refractivity contribution >= 4 is 23.7 Å². The van der Waals surface area contributed by atoms with Crippen molar-refractivity contribution in [3.63, 3.8) is 0 Å². The Morgan fingerprint density at radius 2 is 1.57 bits per heavy atom. The van der Waals surface area contributed by atoms with Crippen LogP contribution in [-0.2, 0) is 0 Å². The standard InChI is InChI=1S/C16H10O4S/c1-2-10-4-3-5-13(6-10)21-14-8-11(15(17)18)7-12(9-14)16(19)20/h1,3-9H,(H,17,18)(H,19,20). The van der Waals surface area contributed by atoms with Crippen LogP contribution < -0.4 is 0 Å². The van der Waals surface area contributed by atoms with Crippen LogP contribution in [0.5, 0.6) is 0 Å². The third-order valence-electron chi connectivity index (χ3n) is 2.64. The van der Waals surface area contributed by atoms with Gasteiger partial charge in [0.2, 0.25) is 0 Å². The molecule has 0 saturated heterocycles. The Labute approximate surface area is 125 Å². The molecule has 0 amide bonds. The molecule has 0 aromatic heterocycles. The van der Waals surface area contributed by atoms with Gasteiger partial charge >= 0.3 is 11.9 Å². The minimum atomic E-state index is -1.17. The summed E-state index contributed by atoms with van der Waals surface area (Å²) >= 11 is 1.26. The molecule has 0 radical (unpaired) electrons. The van der Waals surface area contributed by atoms with Crippen molar-refractivity contribution in [1.82, 2.24) is 0 Å². The van der Waals surface area contributed by atoms with E-state index in [1.165, 1.54) is 23.9 Å². The maximum Gasteiger partial charge on any atom is 0.335 e. The lowest BCUT2D eigenvalue weighted by Crippen LogP contribution is -2.02. The summed E-state index contributed by atoms with van der Waals surface area (Å²) in [6.07, 6.45) is 5.33. The van der Waals surface area contributed by atoms with E-state index in [-0.39, 0.29) is 11.1 Å². The summed E-state index contributed by atoms with van der Waals surface area (Å²) in [5, 5.41) is 18.1. The molecule has 2 N–H and O–H groups in total. The number of rotatable bonds is 4. The van der Waals surface area contributed by atoms with Crippen molar-refractivity contribution in [2.24, 2.45) is 0 Å². The van der Waals surface area contributed by atoms with Crippen LogP contribution in [0.3, 0.4) is 0 Å². The fraction of sp³-hybridized carbons (Fsp3) is 0. The van der Waals surface area contributed by atoms with E-state index in [0.29, 0.717) is 10.5 Å². The zero-order chi connectivity index (χ0) is 15.4. The molecule has 0 heterocycles. The van der Waals surface area contributed by atoms with Crippen molar-refractivity contribution in [1.29, 1.82) is 0 Å². The molecule has 0 aliphatic rings. The number of hydrogen-bond acceptors (Lipinski definition) is 3. The predicted octanol–water partition coefficient (Wildman–Crippen LogP) is 3.22. The zero-order valence-electron chi connectivity index (χ0n) is 10.7. The van der Waals surface area contributed by atoms with Crippen molar-refractivity contribution in [2.75, 3.05) is 0 Å². The molecule has 0 aliphatic heterocycles. The van der Waals surface area contributed by atoms with E-state index in [9.17, 15) is 9.59 Å². The molecule has 2 rings (SSSR count). The Morgan fingerprint density at radius 1 is 0.952 bits per heavy atom. The molecule has 0 atom stereocenters. The highest BCUT2D eigenvalue weighted by molar-refractivity contribution is 7.99. The molecule has 4 nitrogen and oxygen atoms in total. The molecule has 2 aromatic carbocycles. The molecule has 0 saturated carbocycles. The first kappa shape index (κ1) is 14.7. The number of carboxylic acid groups (broad SMARTS) is 2. The minimum Gasteiger partial charge on any atom is -0.478 e. The lowest BCUT2D eigenvalue weighted by atomic mass is 10.1. The largest absolute Gasteiger partial charge is 0.478 e. The van der Waals surface area contributed by atoms with Gasteiger partial charge in [-0.25, -0.2) is 9.59 Å². The van der Waals surface area contributed by atoms with Gasteiger partial charge in [-0.1, -0.05) is 23.7 Å². The molecule has 2 aromatic rings. The molecule has 5 heteroatoms. The van der Waals surface area contributed by atoms with E-state index >= 15 is 0 Å². The average molecular weight is 298 g/mol. The van der Waals surface area contributed by atoms with Crippen LogP contribution in [0.2, 0.25) is 0 Å². The van der Waals surface area contributed by atoms with Gasteiger partial charge in [0.15, 0.2) is 0 Å². The van der Waals surface area contributed by atoms with Gasteiger partial charge in [-0.15, -0.1) is 6.42 Å². The van der Waals surface area contributed by atoms with Gasteiger partial charge in [0.1, 0.15) is 0 Å². The molecule has 21 heavy (non-hydrogen) atoms. The minimum absolute atomic E-state index is 0.0643. The van der Waals surface area contributed by atoms with Crippen molar-refractivity contribution in [2.45, 2.75) is 9.79 Å². The van der Waals surface area contributed by atoms with Gasteiger partial charge in [0.05, 0.1) is 11.1 Å². The first-order valence-electron chi connectivity index (χ1n) is 5.86. The first-order chi connectivity index (χ1) is 9.99. The maximum absolute atomic E-state index is 11.1. The summed E-state index contributed by atoms with van der Waals surface area (Å²) in [4.78, 5) is 23.4. The Kier molecular flexibility index (Phi) is 4.31. The first-order valence-corrected chi connectivity index (χ1v) is 6.67. The summed E-state index contributed by atoms with van der Waals surface area (Å²) in [5.74, 6) is 0.173. The van der Waals surface area contributed by atoms with Gasteiger partial charge in [-0.2, -0.15) is 0 Å². The molecule has 0 spiro atoms. The summed E-state index contributed by atoms with van der Waals surface area (Å²) in [6, 6.07) is 11.2. The van der Waals surface area contributed by atoms with Crippen LogP contribution in [0.1, 0.15) is 26.3 Å². The van der Waals surface area contributed by atoms with Gasteiger partial charge in [0, 0.05) is 15.4 Å². The maximum atomic E-state index is 11.1. The van der Waals surface area contributed by atoms with Crippen LogP contribution >= 0.6 is 11.8 Å². The van der Waals surface area contributed by atoms with Crippen LogP contribution in [-0.4, -0.2) is 22.2 Å². The van der Waals surface area contributed by atoms with Gasteiger partial charge < -0.3 is 10.2 Å². The lowest BCUT2D eigenvalue weighted by Gasteiger charge is -2.06. The molecule has 0 aliphatic carbocycles. The highest BCUT2D eigenvalue weighted by Crippen LogP contribution is 2.30. The Bertz CT molecular complexity index is 727. The number of carbonyl (C=O) groups is 2. The highest BCUT2D eigenvalue weighted by atomic mass is 32.2. The monoisotopic (exact) mass is 298 g/mol. The fourth-order valence-corrected chi connectivity index (χ4v) is 2.67. The number of hydrogen-bond donors (Lipinski definition) is 2. The highest BCUT2D eigenvalue weighted by Gasteiger charge is 2.12. The normalized spacial score (nSPS) is 9.86. The topological polar surface area (TPSA) is 74.6 Å². The van der Waals surface area contributed by atoms with Gasteiger partial charge in [-0.05, 0) is 36.4 Å². The van der Waals surface area contributed by atoms with Crippen molar-refractivity contribution in [3.05, 3.63) is 59.2 Å².